The molecule has 7 nitrogen and oxygen atoms in total. The molecule has 2 atom stereocenters. The molecule has 1 aromatic heterocycles. The zero-order chi connectivity index (χ0) is 15.9. The van der Waals surface area contributed by atoms with Crippen LogP contribution in [0.5, 0.6) is 0 Å². The van der Waals surface area contributed by atoms with Crippen LogP contribution in [0.25, 0.3) is 0 Å². The molecular weight excluding hydrogens is 280 g/mol. The Morgan fingerprint density at radius 2 is 2.05 bits per heavy atom. The third kappa shape index (κ3) is 3.63. The lowest BCUT2D eigenvalue weighted by Crippen LogP contribution is -2.35. The van der Waals surface area contributed by atoms with Crippen LogP contribution < -0.4 is 5.73 Å². The Morgan fingerprint density at radius 1 is 1.32 bits per heavy atom. The van der Waals surface area contributed by atoms with E-state index in [2.05, 4.69) is 36.2 Å². The highest BCUT2D eigenvalue weighted by atomic mass is 16.2. The average Bonchev–Trinajstić information content (AvgIpc) is 3.06. The molecule has 1 amide bonds. The highest BCUT2D eigenvalue weighted by Crippen LogP contribution is 2.37. The predicted octanol–water partition coefficient (Wildman–Crippen LogP) is 0.772. The molecule has 0 spiro atoms. The molecule has 1 saturated heterocycles. The van der Waals surface area contributed by atoms with Crippen molar-refractivity contribution >= 4 is 5.91 Å². The smallest absolute Gasteiger partial charge is 0.246 e. The van der Waals surface area contributed by atoms with Gasteiger partial charge >= 0.3 is 0 Å². The van der Waals surface area contributed by atoms with E-state index in [1.54, 1.807) is 0 Å². The molecule has 0 radical (unpaired) electrons. The van der Waals surface area contributed by atoms with E-state index in [9.17, 15) is 4.79 Å². The van der Waals surface area contributed by atoms with Gasteiger partial charge < -0.3 is 10.6 Å². The Morgan fingerprint density at radius 3 is 2.68 bits per heavy atom. The Labute approximate surface area is 131 Å². The second-order valence-corrected chi connectivity index (χ2v) is 7.94. The third-order valence-corrected chi connectivity index (χ3v) is 4.41. The molecule has 3 rings (SSSR count). The van der Waals surface area contributed by atoms with Gasteiger partial charge in [-0.1, -0.05) is 20.8 Å². The molecule has 7 heteroatoms. The van der Waals surface area contributed by atoms with Crippen molar-refractivity contribution in [2.75, 3.05) is 13.1 Å². The van der Waals surface area contributed by atoms with Crippen molar-refractivity contribution in [3.63, 3.8) is 0 Å². The van der Waals surface area contributed by atoms with Gasteiger partial charge in [-0.2, -0.15) is 4.80 Å². The SMILES string of the molecule is CC(C)(C)C[C@@H]1CN(C(=O)Cn2nnc(C3CC3)n2)C[C@H]1N. The minimum Gasteiger partial charge on any atom is -0.339 e. The van der Waals surface area contributed by atoms with Crippen molar-refractivity contribution in [1.29, 1.82) is 0 Å². The highest BCUT2D eigenvalue weighted by molar-refractivity contribution is 5.76. The van der Waals surface area contributed by atoms with Crippen LogP contribution in [0.1, 0.15) is 51.8 Å². The lowest BCUT2D eigenvalue weighted by Gasteiger charge is -2.24. The van der Waals surface area contributed by atoms with Gasteiger partial charge in [-0.25, -0.2) is 0 Å². The second-order valence-electron chi connectivity index (χ2n) is 7.94. The molecule has 2 heterocycles. The summed E-state index contributed by atoms with van der Waals surface area (Å²) in [4.78, 5) is 15.7. The fourth-order valence-corrected chi connectivity index (χ4v) is 3.15. The topological polar surface area (TPSA) is 89.9 Å². The van der Waals surface area contributed by atoms with Crippen molar-refractivity contribution in [1.82, 2.24) is 25.1 Å². The number of nitrogens with zero attached hydrogens (tertiary/aromatic N) is 5. The van der Waals surface area contributed by atoms with Crippen molar-refractivity contribution in [3.05, 3.63) is 5.82 Å². The molecule has 2 fully saturated rings. The molecule has 122 valence electrons. The van der Waals surface area contributed by atoms with E-state index in [4.69, 9.17) is 5.73 Å². The van der Waals surface area contributed by atoms with E-state index in [0.717, 1.165) is 31.6 Å². The monoisotopic (exact) mass is 306 g/mol. The van der Waals surface area contributed by atoms with E-state index >= 15 is 0 Å². The first-order chi connectivity index (χ1) is 10.3. The molecule has 0 unspecified atom stereocenters. The number of carbonyl (C=O) groups is 1. The maximum atomic E-state index is 12.4. The van der Waals surface area contributed by atoms with Crippen molar-refractivity contribution in [2.45, 2.75) is 58.5 Å². The first-order valence-corrected chi connectivity index (χ1v) is 8.13. The summed E-state index contributed by atoms with van der Waals surface area (Å²) in [6, 6.07) is 0.0638. The molecule has 1 aromatic rings. The summed E-state index contributed by atoms with van der Waals surface area (Å²) in [5, 5.41) is 12.3. The van der Waals surface area contributed by atoms with Crippen LogP contribution in [0.2, 0.25) is 0 Å². The minimum absolute atomic E-state index is 0.0339. The normalized spacial score (nSPS) is 25.7. The summed E-state index contributed by atoms with van der Waals surface area (Å²) in [6.45, 7) is 8.16. The summed E-state index contributed by atoms with van der Waals surface area (Å²) in [7, 11) is 0. The van der Waals surface area contributed by atoms with Gasteiger partial charge in [0, 0.05) is 25.0 Å². The van der Waals surface area contributed by atoms with Crippen LogP contribution in [0.4, 0.5) is 0 Å². The molecule has 2 aliphatic rings. The lowest BCUT2D eigenvalue weighted by molar-refractivity contribution is -0.131. The Balaban J connectivity index is 1.55. The number of tetrazole rings is 1. The number of aromatic nitrogens is 4. The van der Waals surface area contributed by atoms with Gasteiger partial charge in [-0.15, -0.1) is 10.2 Å². The zero-order valence-electron chi connectivity index (χ0n) is 13.7. The van der Waals surface area contributed by atoms with Crippen molar-refractivity contribution in [2.24, 2.45) is 17.1 Å². The van der Waals surface area contributed by atoms with Gasteiger partial charge in [-0.05, 0) is 35.8 Å². The molecule has 0 bridgehead atoms. The van der Waals surface area contributed by atoms with Crippen LogP contribution in [0.15, 0.2) is 0 Å². The quantitative estimate of drug-likeness (QED) is 0.887. The summed E-state index contributed by atoms with van der Waals surface area (Å²) in [5.41, 5.74) is 6.45. The number of hydrogen-bond donors (Lipinski definition) is 1. The molecular formula is C15H26N6O. The number of carbonyl (C=O) groups excluding carboxylic acids is 1. The van der Waals surface area contributed by atoms with Crippen LogP contribution >= 0.6 is 0 Å². The number of rotatable bonds is 4. The third-order valence-electron chi connectivity index (χ3n) is 4.41. The van der Waals surface area contributed by atoms with Gasteiger partial charge in [0.1, 0.15) is 6.54 Å². The molecule has 1 aliphatic carbocycles. The molecule has 0 aromatic carbocycles. The van der Waals surface area contributed by atoms with Crippen LogP contribution in [-0.4, -0.2) is 50.1 Å². The highest BCUT2D eigenvalue weighted by Gasteiger charge is 2.35. The van der Waals surface area contributed by atoms with E-state index in [1.165, 1.54) is 4.80 Å². The Hall–Kier alpha value is -1.50. The molecule has 1 aliphatic heterocycles. The first kappa shape index (κ1) is 15.4. The van der Waals surface area contributed by atoms with Gasteiger partial charge in [0.25, 0.3) is 0 Å². The number of likely N-dealkylation sites (tertiary alicyclic amines) is 1. The fraction of sp³-hybridized carbons (Fsp3) is 0.867. The fourth-order valence-electron chi connectivity index (χ4n) is 3.15. The van der Waals surface area contributed by atoms with Gasteiger partial charge in [-0.3, -0.25) is 4.79 Å². The van der Waals surface area contributed by atoms with Crippen LogP contribution in [0, 0.1) is 11.3 Å². The van der Waals surface area contributed by atoms with Gasteiger partial charge in [0.05, 0.1) is 0 Å². The average molecular weight is 306 g/mol. The van der Waals surface area contributed by atoms with Gasteiger partial charge in [0.2, 0.25) is 5.91 Å². The summed E-state index contributed by atoms with van der Waals surface area (Å²) in [6.07, 6.45) is 3.30. The predicted molar refractivity (Wildman–Crippen MR) is 81.9 cm³/mol. The van der Waals surface area contributed by atoms with E-state index in [0.29, 0.717) is 18.4 Å². The molecule has 22 heavy (non-hydrogen) atoms. The molecule has 1 saturated carbocycles. The number of hydrogen-bond acceptors (Lipinski definition) is 5. The summed E-state index contributed by atoms with van der Waals surface area (Å²) >= 11 is 0. The van der Waals surface area contributed by atoms with E-state index < -0.39 is 0 Å². The lowest BCUT2D eigenvalue weighted by atomic mass is 9.83. The van der Waals surface area contributed by atoms with Crippen LogP contribution in [-0.2, 0) is 11.3 Å². The maximum Gasteiger partial charge on any atom is 0.246 e. The Kier molecular flexibility index (Phi) is 3.92. The Bertz CT molecular complexity index is 544. The van der Waals surface area contributed by atoms with E-state index in [-0.39, 0.29) is 23.9 Å². The minimum atomic E-state index is 0.0339. The number of nitrogens with two attached hydrogens (primary N) is 1. The van der Waals surface area contributed by atoms with Crippen molar-refractivity contribution in [3.8, 4) is 0 Å². The van der Waals surface area contributed by atoms with Crippen LogP contribution in [0.3, 0.4) is 0 Å². The second kappa shape index (κ2) is 5.61. The standard InChI is InChI=1S/C15H26N6O/c1-15(2,3)6-11-7-20(8-12(11)16)13(22)9-21-18-14(17-19-21)10-4-5-10/h10-12H,4-9,16H2,1-3H3/t11-,12-/m1/s1. The zero-order valence-corrected chi connectivity index (χ0v) is 13.7. The summed E-state index contributed by atoms with van der Waals surface area (Å²) < 4.78 is 0. The largest absolute Gasteiger partial charge is 0.339 e. The van der Waals surface area contributed by atoms with Gasteiger partial charge in [0.15, 0.2) is 5.82 Å². The maximum absolute atomic E-state index is 12.4. The number of amides is 1. The van der Waals surface area contributed by atoms with E-state index in [1.807, 2.05) is 4.90 Å². The molecule has 2 N–H and O–H groups in total. The summed E-state index contributed by atoms with van der Waals surface area (Å²) in [5.74, 6) is 1.64. The first-order valence-electron chi connectivity index (χ1n) is 8.13. The van der Waals surface area contributed by atoms with Crippen molar-refractivity contribution < 1.29 is 4.79 Å².